The number of nitrogens with two attached hydrogens (primary N) is 1. The molecule has 0 aliphatic heterocycles. The largest absolute Gasteiger partial charge is 0.476 e. The van der Waals surface area contributed by atoms with Gasteiger partial charge in [0.05, 0.1) is 12.3 Å². The third-order valence-electron chi connectivity index (χ3n) is 2.28. The van der Waals surface area contributed by atoms with Crippen molar-refractivity contribution in [2.75, 3.05) is 12.3 Å². The molecule has 0 amide bonds. The fraction of sp³-hybridized carbons (Fsp3) is 0.167. The Morgan fingerprint density at radius 3 is 2.71 bits per heavy atom. The van der Waals surface area contributed by atoms with Crippen LogP contribution < -0.4 is 10.5 Å². The molecule has 1 aromatic heterocycles. The Morgan fingerprint density at radius 1 is 1.41 bits per heavy atom. The lowest BCUT2D eigenvalue weighted by molar-refractivity contribution is 0.323. The smallest absolute Gasteiger partial charge is 0.253 e. The number of nitrogen functional groups attached to an aromatic ring is 1. The number of aromatic nitrogens is 2. The monoisotopic (exact) mass is 228 g/mol. The van der Waals surface area contributed by atoms with Crippen LogP contribution in [0, 0.1) is 11.3 Å². The van der Waals surface area contributed by atoms with Gasteiger partial charge in [0.25, 0.3) is 5.88 Å². The molecule has 0 atom stereocenters. The molecular formula is C12H12N4O. The molecule has 0 aliphatic rings. The van der Waals surface area contributed by atoms with Crippen molar-refractivity contribution in [2.45, 2.75) is 6.92 Å². The molecular weight excluding hydrogens is 216 g/mol. The van der Waals surface area contributed by atoms with Crippen molar-refractivity contribution >= 4 is 5.82 Å². The summed E-state index contributed by atoms with van der Waals surface area (Å²) in [6.45, 7) is 2.28. The van der Waals surface area contributed by atoms with Crippen LogP contribution in [-0.4, -0.2) is 16.4 Å². The van der Waals surface area contributed by atoms with Crippen LogP contribution in [0.2, 0.25) is 0 Å². The molecule has 5 heteroatoms. The average Bonchev–Trinajstić information content (AvgIpc) is 2.67. The fourth-order valence-electron chi connectivity index (χ4n) is 1.52. The van der Waals surface area contributed by atoms with Gasteiger partial charge in [-0.2, -0.15) is 5.26 Å². The van der Waals surface area contributed by atoms with Gasteiger partial charge in [-0.15, -0.1) is 5.10 Å². The molecule has 5 nitrogen and oxygen atoms in total. The number of nitriles is 1. The predicted octanol–water partition coefficient (Wildman–Crippen LogP) is 1.72. The van der Waals surface area contributed by atoms with E-state index >= 15 is 0 Å². The fourth-order valence-corrected chi connectivity index (χ4v) is 1.52. The van der Waals surface area contributed by atoms with Crippen LogP contribution >= 0.6 is 0 Å². The summed E-state index contributed by atoms with van der Waals surface area (Å²) < 4.78 is 6.78. The van der Waals surface area contributed by atoms with E-state index in [1.807, 2.05) is 43.3 Å². The lowest BCUT2D eigenvalue weighted by Gasteiger charge is -2.02. The van der Waals surface area contributed by atoms with Crippen molar-refractivity contribution in [3.63, 3.8) is 0 Å². The summed E-state index contributed by atoms with van der Waals surface area (Å²) >= 11 is 0. The Kier molecular flexibility index (Phi) is 2.97. The van der Waals surface area contributed by atoms with E-state index in [-0.39, 0.29) is 11.4 Å². The Morgan fingerprint density at radius 2 is 2.12 bits per heavy atom. The number of benzene rings is 1. The molecule has 0 saturated heterocycles. The van der Waals surface area contributed by atoms with Gasteiger partial charge in [-0.3, -0.25) is 0 Å². The first-order valence-corrected chi connectivity index (χ1v) is 5.24. The van der Waals surface area contributed by atoms with Crippen LogP contribution in [-0.2, 0) is 0 Å². The van der Waals surface area contributed by atoms with E-state index in [0.717, 1.165) is 5.69 Å². The first-order valence-electron chi connectivity index (χ1n) is 5.24. The zero-order valence-electron chi connectivity index (χ0n) is 9.42. The molecule has 0 spiro atoms. The van der Waals surface area contributed by atoms with Crippen LogP contribution in [0.25, 0.3) is 5.69 Å². The molecule has 0 unspecified atom stereocenters. The number of hydrogen-bond acceptors (Lipinski definition) is 4. The number of para-hydroxylation sites is 1. The van der Waals surface area contributed by atoms with Crippen molar-refractivity contribution in [2.24, 2.45) is 0 Å². The second-order valence-corrected chi connectivity index (χ2v) is 3.36. The van der Waals surface area contributed by atoms with Crippen LogP contribution in [0.5, 0.6) is 5.88 Å². The van der Waals surface area contributed by atoms with Gasteiger partial charge in [0.1, 0.15) is 11.9 Å². The molecule has 0 fully saturated rings. The van der Waals surface area contributed by atoms with E-state index < -0.39 is 0 Å². The number of anilines is 1. The Hall–Kier alpha value is -2.48. The van der Waals surface area contributed by atoms with Crippen molar-refractivity contribution in [3.8, 4) is 17.6 Å². The molecule has 2 rings (SSSR count). The van der Waals surface area contributed by atoms with Gasteiger partial charge in [0.2, 0.25) is 0 Å². The minimum Gasteiger partial charge on any atom is -0.476 e. The topological polar surface area (TPSA) is 76.9 Å². The van der Waals surface area contributed by atoms with Crippen molar-refractivity contribution in [3.05, 3.63) is 35.9 Å². The van der Waals surface area contributed by atoms with Crippen LogP contribution in [0.3, 0.4) is 0 Å². The normalized spacial score (nSPS) is 9.88. The summed E-state index contributed by atoms with van der Waals surface area (Å²) in [5.74, 6) is 0.568. The van der Waals surface area contributed by atoms with Gasteiger partial charge in [0, 0.05) is 0 Å². The zero-order chi connectivity index (χ0) is 12.3. The molecule has 17 heavy (non-hydrogen) atoms. The van der Waals surface area contributed by atoms with Gasteiger partial charge < -0.3 is 10.5 Å². The van der Waals surface area contributed by atoms with Crippen molar-refractivity contribution in [1.29, 1.82) is 5.26 Å². The maximum absolute atomic E-state index is 9.02. The maximum Gasteiger partial charge on any atom is 0.253 e. The highest BCUT2D eigenvalue weighted by Crippen LogP contribution is 2.25. The first-order chi connectivity index (χ1) is 8.27. The summed E-state index contributed by atoms with van der Waals surface area (Å²) in [5.41, 5.74) is 6.95. The molecule has 1 aromatic carbocycles. The third kappa shape index (κ3) is 1.93. The van der Waals surface area contributed by atoms with Crippen LogP contribution in [0.15, 0.2) is 30.3 Å². The van der Waals surface area contributed by atoms with E-state index in [0.29, 0.717) is 12.4 Å². The number of hydrogen-bond donors (Lipinski definition) is 1. The Labute approximate surface area is 99.0 Å². The first kappa shape index (κ1) is 11.0. The summed E-state index contributed by atoms with van der Waals surface area (Å²) in [4.78, 5) is 0. The van der Waals surface area contributed by atoms with Gasteiger partial charge in [0.15, 0.2) is 5.56 Å². The van der Waals surface area contributed by atoms with Gasteiger partial charge in [-0.05, 0) is 19.1 Å². The van der Waals surface area contributed by atoms with Gasteiger partial charge in [-0.25, -0.2) is 4.68 Å². The molecule has 2 N–H and O–H groups in total. The zero-order valence-corrected chi connectivity index (χ0v) is 9.42. The second-order valence-electron chi connectivity index (χ2n) is 3.36. The van der Waals surface area contributed by atoms with E-state index in [1.54, 1.807) is 0 Å². The molecule has 2 aromatic rings. The average molecular weight is 228 g/mol. The van der Waals surface area contributed by atoms with Crippen LogP contribution in [0.1, 0.15) is 12.5 Å². The third-order valence-corrected chi connectivity index (χ3v) is 2.28. The summed E-state index contributed by atoms with van der Waals surface area (Å²) in [7, 11) is 0. The highest BCUT2D eigenvalue weighted by molar-refractivity contribution is 5.58. The highest BCUT2D eigenvalue weighted by atomic mass is 16.5. The molecule has 0 saturated carbocycles. The Bertz CT molecular complexity index is 554. The SMILES string of the molecule is CCOc1nn(-c2ccccc2)c(N)c1C#N. The number of nitrogens with zero attached hydrogens (tertiary/aromatic N) is 3. The minimum atomic E-state index is 0.274. The highest BCUT2D eigenvalue weighted by Gasteiger charge is 2.17. The summed E-state index contributed by atoms with van der Waals surface area (Å²) in [6.07, 6.45) is 0. The van der Waals surface area contributed by atoms with E-state index in [2.05, 4.69) is 5.10 Å². The predicted molar refractivity (Wildman–Crippen MR) is 63.9 cm³/mol. The van der Waals surface area contributed by atoms with Crippen LogP contribution in [0.4, 0.5) is 5.82 Å². The lowest BCUT2D eigenvalue weighted by atomic mass is 10.3. The minimum absolute atomic E-state index is 0.274. The molecule has 0 aliphatic carbocycles. The second kappa shape index (κ2) is 4.58. The van der Waals surface area contributed by atoms with Crippen molar-refractivity contribution in [1.82, 2.24) is 9.78 Å². The molecule has 1 heterocycles. The molecule has 0 radical (unpaired) electrons. The number of ether oxygens (including phenoxy) is 1. The summed E-state index contributed by atoms with van der Waals surface area (Å²) in [6, 6.07) is 11.4. The molecule has 86 valence electrons. The van der Waals surface area contributed by atoms with E-state index in [9.17, 15) is 0 Å². The van der Waals surface area contributed by atoms with Crippen molar-refractivity contribution < 1.29 is 4.74 Å². The lowest BCUT2D eigenvalue weighted by Crippen LogP contribution is -2.02. The van der Waals surface area contributed by atoms with Gasteiger partial charge in [-0.1, -0.05) is 18.2 Å². The summed E-state index contributed by atoms with van der Waals surface area (Å²) in [5, 5.41) is 13.2. The molecule has 0 bridgehead atoms. The standard InChI is InChI=1S/C12H12N4O/c1-2-17-12-10(8-13)11(14)16(15-12)9-6-4-3-5-7-9/h3-7H,2,14H2,1H3. The Balaban J connectivity index is 2.54. The van der Waals surface area contributed by atoms with E-state index in [4.69, 9.17) is 15.7 Å². The maximum atomic E-state index is 9.02. The van der Waals surface area contributed by atoms with E-state index in [1.165, 1.54) is 4.68 Å². The van der Waals surface area contributed by atoms with Gasteiger partial charge >= 0.3 is 0 Å². The number of rotatable bonds is 3. The quantitative estimate of drug-likeness (QED) is 0.867.